The molecule has 0 radical (unpaired) electrons. The van der Waals surface area contributed by atoms with Crippen molar-refractivity contribution in [3.05, 3.63) is 23.5 Å². The predicted molar refractivity (Wildman–Crippen MR) is 179 cm³/mol. The highest BCUT2D eigenvalue weighted by atomic mass is 16.7. The summed E-state index contributed by atoms with van der Waals surface area (Å²) in [6.07, 6.45) is -12.8. The second kappa shape index (κ2) is 14.2. The molecule has 3 aliphatic heterocycles. The van der Waals surface area contributed by atoms with E-state index in [1.54, 1.807) is 27.7 Å². The molecular formula is C37H50O18. The van der Waals surface area contributed by atoms with E-state index in [4.69, 9.17) is 33.2 Å². The van der Waals surface area contributed by atoms with Gasteiger partial charge in [0.2, 0.25) is 23.8 Å². The Balaban J connectivity index is 1.44. The Hall–Kier alpha value is -3.49. The van der Waals surface area contributed by atoms with Crippen LogP contribution in [0.15, 0.2) is 23.5 Å². The van der Waals surface area contributed by atoms with Gasteiger partial charge in [0, 0.05) is 29.7 Å². The van der Waals surface area contributed by atoms with Gasteiger partial charge in [-0.25, -0.2) is 14.4 Å². The van der Waals surface area contributed by atoms with Crippen LogP contribution >= 0.6 is 0 Å². The van der Waals surface area contributed by atoms with Crippen LogP contribution in [0.3, 0.4) is 0 Å². The maximum Gasteiger partial charge on any atom is 0.348 e. The number of allylic oxidation sites excluding steroid dienone is 2. The summed E-state index contributed by atoms with van der Waals surface area (Å²) in [5.74, 6) is -9.19. The van der Waals surface area contributed by atoms with Crippen LogP contribution < -0.4 is 0 Å². The molecule has 16 atom stereocenters. The van der Waals surface area contributed by atoms with Gasteiger partial charge in [-0.05, 0) is 50.2 Å². The molecule has 0 aromatic rings. The number of rotatable bonds is 9. The monoisotopic (exact) mass is 782 g/mol. The third-order valence-electron chi connectivity index (χ3n) is 13.0. The molecule has 2 saturated carbocycles. The van der Waals surface area contributed by atoms with Crippen molar-refractivity contribution in [3.63, 3.8) is 0 Å². The minimum absolute atomic E-state index is 0.00741. The van der Waals surface area contributed by atoms with Gasteiger partial charge in [0.1, 0.15) is 42.2 Å². The SMILES string of the molecule is CC/C(=C\C(=O)O[C@H]1C(=O)O[C@@H]2C[C@H]3[C@H](C)C=C(O[C@@H]4O[C@H](CO)[C@@H](O)[C@H](O)[C@H]4O)C(=O)[C@]3(C)[C@H]3[C@@H](O)[C@H](O)[C@@]4(C(=O)OC)OC[C@]32[C@@H]14)C(C)(C)OC(C)=O. The number of Topliss-reactive ketones (excluding diaryl/α,β-unsaturated/α-hetero) is 1. The van der Waals surface area contributed by atoms with Gasteiger partial charge in [-0.3, -0.25) is 9.59 Å². The largest absolute Gasteiger partial charge is 0.467 e. The molecule has 3 heterocycles. The standard InChI is InChI=1S/C37H50O18/c1-8-16(34(4,5)55-15(3)39)10-21(40)54-26-28-36-13-50-37(28,33(48)49-7)30(46)25(44)27(36)35(6)17(11-20(36)53-31(26)47)14(2)9-18(29(35)45)51-32-24(43)23(42)22(41)19(12-38)52-32/h9-10,14,17,19-20,22-28,30,32,38,41-44,46H,8,11-13H2,1-7H3/b16-10+/t14-,17+,19-,20-,22-,23+,24-,25-,26-,27-,28-,30+,32-,35+,36-,37+/m1/s1. The Morgan fingerprint density at radius 2 is 1.71 bits per heavy atom. The van der Waals surface area contributed by atoms with Gasteiger partial charge in [0.15, 0.2) is 5.76 Å². The molecule has 306 valence electrons. The fourth-order valence-electron chi connectivity index (χ4n) is 10.6. The molecule has 55 heavy (non-hydrogen) atoms. The van der Waals surface area contributed by atoms with Gasteiger partial charge >= 0.3 is 23.9 Å². The molecule has 0 unspecified atom stereocenters. The van der Waals surface area contributed by atoms with Crippen molar-refractivity contribution in [2.45, 2.75) is 121 Å². The van der Waals surface area contributed by atoms with Crippen LogP contribution in [-0.2, 0) is 57.1 Å². The summed E-state index contributed by atoms with van der Waals surface area (Å²) in [6.45, 7) is 8.10. The van der Waals surface area contributed by atoms with Crippen LogP contribution in [0, 0.1) is 34.5 Å². The van der Waals surface area contributed by atoms with E-state index in [2.05, 4.69) is 0 Å². The quantitative estimate of drug-likeness (QED) is 0.0868. The molecule has 3 saturated heterocycles. The highest BCUT2D eigenvalue weighted by Crippen LogP contribution is 2.72. The van der Waals surface area contributed by atoms with Crippen LogP contribution in [-0.4, -0.2) is 147 Å². The van der Waals surface area contributed by atoms with Crippen molar-refractivity contribution in [1.29, 1.82) is 0 Å². The van der Waals surface area contributed by atoms with Crippen molar-refractivity contribution in [3.8, 4) is 0 Å². The molecule has 5 fully saturated rings. The predicted octanol–water partition coefficient (Wildman–Crippen LogP) is -1.66. The highest BCUT2D eigenvalue weighted by Gasteiger charge is 2.86. The summed E-state index contributed by atoms with van der Waals surface area (Å²) in [5, 5.41) is 65.2. The molecule has 6 aliphatic rings. The zero-order chi connectivity index (χ0) is 40.7. The maximum absolute atomic E-state index is 14.9. The summed E-state index contributed by atoms with van der Waals surface area (Å²) in [4.78, 5) is 68.1. The van der Waals surface area contributed by atoms with Gasteiger partial charge in [-0.15, -0.1) is 0 Å². The molecule has 2 bridgehead atoms. The lowest BCUT2D eigenvalue weighted by Gasteiger charge is -2.67. The van der Waals surface area contributed by atoms with Crippen LogP contribution in [0.2, 0.25) is 0 Å². The Kier molecular flexibility index (Phi) is 10.6. The van der Waals surface area contributed by atoms with Gasteiger partial charge in [0.05, 0.1) is 32.3 Å². The second-order valence-electron chi connectivity index (χ2n) is 16.1. The number of aliphatic hydroxyl groups is 6. The maximum atomic E-state index is 14.9. The van der Waals surface area contributed by atoms with Crippen LogP contribution in [0.25, 0.3) is 0 Å². The lowest BCUT2D eigenvalue weighted by atomic mass is 9.37. The number of hydrogen-bond acceptors (Lipinski definition) is 18. The molecular weight excluding hydrogens is 732 g/mol. The number of ketones is 1. The lowest BCUT2D eigenvalue weighted by molar-refractivity contribution is -0.297. The smallest absolute Gasteiger partial charge is 0.348 e. The van der Waals surface area contributed by atoms with Crippen molar-refractivity contribution in [1.82, 2.24) is 0 Å². The molecule has 0 aromatic carbocycles. The van der Waals surface area contributed by atoms with Crippen molar-refractivity contribution >= 4 is 29.7 Å². The highest BCUT2D eigenvalue weighted by molar-refractivity contribution is 6.00. The summed E-state index contributed by atoms with van der Waals surface area (Å²) >= 11 is 0. The lowest BCUT2D eigenvalue weighted by Crippen LogP contribution is -2.80. The van der Waals surface area contributed by atoms with Gasteiger partial charge in [-0.1, -0.05) is 20.8 Å². The first-order chi connectivity index (χ1) is 25.7. The van der Waals surface area contributed by atoms with Crippen molar-refractivity contribution in [2.75, 3.05) is 20.3 Å². The molecule has 1 spiro atoms. The van der Waals surface area contributed by atoms with E-state index < -0.39 is 144 Å². The third kappa shape index (κ3) is 5.85. The zero-order valence-electron chi connectivity index (χ0n) is 31.6. The van der Waals surface area contributed by atoms with E-state index in [1.165, 1.54) is 19.9 Å². The van der Waals surface area contributed by atoms with Crippen LogP contribution in [0.4, 0.5) is 0 Å². The summed E-state index contributed by atoms with van der Waals surface area (Å²) < 4.78 is 39.8. The zero-order valence-corrected chi connectivity index (χ0v) is 31.6. The molecule has 0 aromatic heterocycles. The molecule has 18 nitrogen and oxygen atoms in total. The number of carbonyl (C=O) groups excluding carboxylic acids is 5. The number of carbonyl (C=O) groups is 5. The second-order valence-corrected chi connectivity index (χ2v) is 16.1. The minimum Gasteiger partial charge on any atom is -0.467 e. The van der Waals surface area contributed by atoms with Crippen molar-refractivity contribution in [2.24, 2.45) is 34.5 Å². The normalized spacial score (nSPS) is 45.0. The first kappa shape index (κ1) is 41.2. The molecule has 6 rings (SSSR count). The van der Waals surface area contributed by atoms with Crippen LogP contribution in [0.5, 0.6) is 0 Å². The number of aliphatic hydroxyl groups excluding tert-OH is 6. The van der Waals surface area contributed by atoms with E-state index in [9.17, 15) is 54.6 Å². The fourth-order valence-corrected chi connectivity index (χ4v) is 10.6. The topological polar surface area (TPSA) is 271 Å². The Bertz CT molecular complexity index is 1670. The first-order valence-electron chi connectivity index (χ1n) is 18.3. The Morgan fingerprint density at radius 3 is 2.31 bits per heavy atom. The number of fused-ring (bicyclic) bond motifs is 2. The molecule has 3 aliphatic carbocycles. The third-order valence-corrected chi connectivity index (χ3v) is 13.0. The number of methoxy groups -OCH3 is 1. The average molecular weight is 783 g/mol. The van der Waals surface area contributed by atoms with E-state index >= 15 is 0 Å². The molecule has 18 heteroatoms. The Morgan fingerprint density at radius 1 is 1.04 bits per heavy atom. The van der Waals surface area contributed by atoms with E-state index in [1.807, 2.05) is 0 Å². The minimum atomic E-state index is -2.47. The van der Waals surface area contributed by atoms with E-state index in [0.717, 1.165) is 13.2 Å². The van der Waals surface area contributed by atoms with E-state index in [0.29, 0.717) is 5.57 Å². The molecule has 0 amide bonds. The van der Waals surface area contributed by atoms with Gasteiger partial charge < -0.3 is 63.8 Å². The number of esters is 4. The Labute approximate surface area is 316 Å². The van der Waals surface area contributed by atoms with Crippen molar-refractivity contribution < 1.29 is 87.8 Å². The fraction of sp³-hybridized carbons (Fsp3) is 0.757. The molecule has 6 N–H and O–H groups in total. The van der Waals surface area contributed by atoms with E-state index in [-0.39, 0.29) is 18.6 Å². The number of ether oxygens (including phenoxy) is 7. The number of hydrogen-bond donors (Lipinski definition) is 6. The van der Waals surface area contributed by atoms with Crippen LogP contribution in [0.1, 0.15) is 54.4 Å². The van der Waals surface area contributed by atoms with Gasteiger partial charge in [0.25, 0.3) is 0 Å². The van der Waals surface area contributed by atoms with Gasteiger partial charge in [-0.2, -0.15) is 0 Å². The average Bonchev–Trinajstić information content (AvgIpc) is 3.43. The summed E-state index contributed by atoms with van der Waals surface area (Å²) in [6, 6.07) is 0. The first-order valence-corrected chi connectivity index (χ1v) is 18.3. The summed E-state index contributed by atoms with van der Waals surface area (Å²) in [7, 11) is 1.02. The summed E-state index contributed by atoms with van der Waals surface area (Å²) in [5.41, 5.74) is -6.76.